The van der Waals surface area contributed by atoms with Crippen LogP contribution in [0.15, 0.2) is 70.7 Å². The quantitative estimate of drug-likeness (QED) is 0.189. The van der Waals surface area contributed by atoms with E-state index in [2.05, 4.69) is 36.4 Å². The van der Waals surface area contributed by atoms with Crippen LogP contribution in [0.25, 0.3) is 22.3 Å². The highest BCUT2D eigenvalue weighted by molar-refractivity contribution is 6.30. The second kappa shape index (κ2) is 12.6. The zero-order valence-corrected chi connectivity index (χ0v) is 28.5. The van der Waals surface area contributed by atoms with Crippen LogP contribution in [0.1, 0.15) is 46.1 Å². The maximum atomic E-state index is 14.6. The SMILES string of the molecule is C[C@@H]1[C@@H](N=C(Nc2ccc3c(=O)n(CCc4ccc(Cl)cc4F)c(-c4cccnc4)nc3c2)N2CC(=O)N[C@@H](C)C2)C[C@H]2C[C@@H]1C2(C)C. The van der Waals surface area contributed by atoms with Gasteiger partial charge in [0.15, 0.2) is 5.96 Å². The van der Waals surface area contributed by atoms with Crippen LogP contribution in [0.3, 0.4) is 0 Å². The Morgan fingerprint density at radius 1 is 1.15 bits per heavy atom. The van der Waals surface area contributed by atoms with E-state index in [0.29, 0.717) is 68.5 Å². The van der Waals surface area contributed by atoms with Crippen LogP contribution in [0.4, 0.5) is 10.1 Å². The lowest BCUT2D eigenvalue weighted by molar-refractivity contribution is -0.124. The molecule has 1 saturated heterocycles. The van der Waals surface area contributed by atoms with Crippen molar-refractivity contribution >= 4 is 40.1 Å². The number of nitrogens with one attached hydrogen (secondary N) is 2. The molecule has 2 aromatic carbocycles. The lowest BCUT2D eigenvalue weighted by Crippen LogP contribution is -2.58. The van der Waals surface area contributed by atoms with Gasteiger partial charge in [-0.1, -0.05) is 38.4 Å². The molecule has 8 rings (SSSR count). The number of hydrogen-bond donors (Lipinski definition) is 2. The number of piperazine rings is 1. The number of benzene rings is 2. The fraction of sp³-hybridized carbons (Fsp3) is 0.432. The summed E-state index contributed by atoms with van der Waals surface area (Å²) in [6, 6.07) is 13.8. The molecular weight excluding hydrogens is 629 g/mol. The molecule has 3 heterocycles. The lowest BCUT2D eigenvalue weighted by atomic mass is 9.45. The van der Waals surface area contributed by atoms with Crippen LogP contribution in [-0.2, 0) is 17.8 Å². The van der Waals surface area contributed by atoms with E-state index in [-0.39, 0.29) is 43.1 Å². The average molecular weight is 670 g/mol. The summed E-state index contributed by atoms with van der Waals surface area (Å²) in [5.74, 6) is 2.36. The van der Waals surface area contributed by atoms with E-state index >= 15 is 0 Å². The highest BCUT2D eigenvalue weighted by atomic mass is 35.5. The maximum Gasteiger partial charge on any atom is 0.261 e. The number of aryl methyl sites for hydroxylation is 1. The van der Waals surface area contributed by atoms with Gasteiger partial charge in [0.1, 0.15) is 11.6 Å². The Kier molecular flexibility index (Phi) is 8.48. The molecule has 2 N–H and O–H groups in total. The number of rotatable bonds is 6. The van der Waals surface area contributed by atoms with Crippen molar-refractivity contribution < 1.29 is 9.18 Å². The van der Waals surface area contributed by atoms with E-state index in [9.17, 15) is 14.0 Å². The van der Waals surface area contributed by atoms with Gasteiger partial charge in [0.2, 0.25) is 5.91 Å². The number of amides is 1. The molecule has 5 atom stereocenters. The number of nitrogens with zero attached hydrogens (tertiary/aromatic N) is 5. The standard InChI is InChI=1S/C37H41ClFN7O2/c1-21-19-45(20-33(47)41-21)36(44-31-15-25-14-29(22(31)2)37(25,3)4)42-27-9-10-28-32(17-27)43-34(24-6-5-12-40-18-24)46(35(28)48)13-11-23-7-8-26(38)16-30(23)39/h5-10,12,16-18,21-22,25,29,31H,11,13-15,19-20H2,1-4H3,(H,41,47)(H,42,44)/t21-,22-,25+,29-,31-/m0/s1. The number of halogens is 2. The molecule has 4 aliphatic rings. The summed E-state index contributed by atoms with van der Waals surface area (Å²) >= 11 is 5.96. The lowest BCUT2D eigenvalue weighted by Gasteiger charge is -2.61. The zero-order valence-electron chi connectivity index (χ0n) is 27.7. The first-order chi connectivity index (χ1) is 23.0. The van der Waals surface area contributed by atoms with Gasteiger partial charge in [0.05, 0.1) is 23.5 Å². The molecule has 2 bridgehead atoms. The summed E-state index contributed by atoms with van der Waals surface area (Å²) in [6.07, 6.45) is 5.90. The Labute approximate surface area is 284 Å². The van der Waals surface area contributed by atoms with E-state index in [1.807, 2.05) is 30.0 Å². The highest BCUT2D eigenvalue weighted by Gasteiger charge is 2.56. The van der Waals surface area contributed by atoms with E-state index < -0.39 is 5.82 Å². The molecule has 9 nitrogen and oxygen atoms in total. The van der Waals surface area contributed by atoms with Gasteiger partial charge in [-0.15, -0.1) is 0 Å². The van der Waals surface area contributed by atoms with Gasteiger partial charge in [-0.3, -0.25) is 19.1 Å². The summed E-state index contributed by atoms with van der Waals surface area (Å²) in [4.78, 5) is 43.2. The Bertz CT molecular complexity index is 1960. The van der Waals surface area contributed by atoms with Crippen LogP contribution in [0, 0.1) is 29.0 Å². The number of hydrogen-bond acceptors (Lipinski definition) is 5. The summed E-state index contributed by atoms with van der Waals surface area (Å²) in [5, 5.41) is 7.30. The van der Waals surface area contributed by atoms with Crippen molar-refractivity contribution in [2.75, 3.05) is 18.4 Å². The third kappa shape index (κ3) is 6.06. The van der Waals surface area contributed by atoms with Gasteiger partial charge in [0, 0.05) is 47.8 Å². The number of anilines is 1. The Balaban J connectivity index is 1.24. The van der Waals surface area contributed by atoms with Crippen molar-refractivity contribution in [3.05, 3.63) is 87.7 Å². The fourth-order valence-corrected chi connectivity index (χ4v) is 8.21. The molecule has 4 fully saturated rings. The molecule has 0 spiro atoms. The van der Waals surface area contributed by atoms with Crippen molar-refractivity contribution in [1.29, 1.82) is 0 Å². The minimum absolute atomic E-state index is 0.0190. The number of pyridine rings is 1. The minimum Gasteiger partial charge on any atom is -0.350 e. The predicted octanol–water partition coefficient (Wildman–Crippen LogP) is 6.15. The molecule has 1 amide bonds. The predicted molar refractivity (Wildman–Crippen MR) is 188 cm³/mol. The van der Waals surface area contributed by atoms with Crippen LogP contribution in [0.2, 0.25) is 5.02 Å². The van der Waals surface area contributed by atoms with Crippen LogP contribution >= 0.6 is 11.6 Å². The smallest absolute Gasteiger partial charge is 0.261 e. The molecule has 250 valence electrons. The van der Waals surface area contributed by atoms with Gasteiger partial charge in [-0.05, 0) is 97.4 Å². The topological polar surface area (TPSA) is 105 Å². The summed E-state index contributed by atoms with van der Waals surface area (Å²) in [6.45, 7) is 10.1. The normalized spacial score (nSPS) is 25.0. The fourth-order valence-electron chi connectivity index (χ4n) is 8.05. The van der Waals surface area contributed by atoms with Crippen LogP contribution < -0.4 is 16.2 Å². The number of guanidine groups is 1. The molecule has 0 unspecified atom stereocenters. The largest absolute Gasteiger partial charge is 0.350 e. The van der Waals surface area contributed by atoms with E-state index in [0.717, 1.165) is 12.1 Å². The first-order valence-electron chi connectivity index (χ1n) is 16.8. The first kappa shape index (κ1) is 32.2. The second-order valence-corrected chi connectivity index (χ2v) is 14.7. The van der Waals surface area contributed by atoms with Crippen molar-refractivity contribution in [3.63, 3.8) is 0 Å². The van der Waals surface area contributed by atoms with Gasteiger partial charge >= 0.3 is 0 Å². The molecule has 0 radical (unpaired) electrons. The monoisotopic (exact) mass is 669 g/mol. The Morgan fingerprint density at radius 2 is 1.98 bits per heavy atom. The highest BCUT2D eigenvalue weighted by Crippen LogP contribution is 2.61. The number of aliphatic imine (C=N–C) groups is 1. The molecule has 2 aromatic heterocycles. The van der Waals surface area contributed by atoms with E-state index in [1.54, 1.807) is 41.2 Å². The Morgan fingerprint density at radius 3 is 2.69 bits per heavy atom. The third-order valence-corrected chi connectivity index (χ3v) is 11.1. The molecule has 3 aliphatic carbocycles. The van der Waals surface area contributed by atoms with Crippen molar-refractivity contribution in [1.82, 2.24) is 24.8 Å². The van der Waals surface area contributed by atoms with Gasteiger partial charge in [-0.2, -0.15) is 0 Å². The van der Waals surface area contributed by atoms with Gasteiger partial charge in [0.25, 0.3) is 5.56 Å². The summed E-state index contributed by atoms with van der Waals surface area (Å²) in [5.41, 5.74) is 2.48. The van der Waals surface area contributed by atoms with Crippen molar-refractivity contribution in [2.24, 2.45) is 28.2 Å². The molecule has 3 saturated carbocycles. The molecule has 48 heavy (non-hydrogen) atoms. The van der Waals surface area contributed by atoms with E-state index in [4.69, 9.17) is 21.6 Å². The molecule has 1 aliphatic heterocycles. The van der Waals surface area contributed by atoms with E-state index in [1.165, 1.54) is 12.5 Å². The molecule has 11 heteroatoms. The van der Waals surface area contributed by atoms with Gasteiger partial charge < -0.3 is 15.5 Å². The number of carbonyl (C=O) groups excluding carboxylic acids is 1. The second-order valence-electron chi connectivity index (χ2n) is 14.3. The Hall–Kier alpha value is -4.31. The number of aromatic nitrogens is 3. The summed E-state index contributed by atoms with van der Waals surface area (Å²) in [7, 11) is 0. The number of carbonyl (C=O) groups is 1. The maximum absolute atomic E-state index is 14.6. The number of fused-ring (bicyclic) bond motifs is 3. The first-order valence-corrected chi connectivity index (χ1v) is 17.1. The van der Waals surface area contributed by atoms with Crippen LogP contribution in [0.5, 0.6) is 0 Å². The van der Waals surface area contributed by atoms with Crippen LogP contribution in [-0.4, -0.2) is 56.5 Å². The van der Waals surface area contributed by atoms with Crippen molar-refractivity contribution in [3.8, 4) is 11.4 Å². The molecular formula is C37H41ClFN7O2. The van der Waals surface area contributed by atoms with Gasteiger partial charge in [-0.25, -0.2) is 14.4 Å². The molecule has 4 aromatic rings. The zero-order chi connectivity index (χ0) is 33.7. The average Bonchev–Trinajstić information content (AvgIpc) is 3.05. The summed E-state index contributed by atoms with van der Waals surface area (Å²) < 4.78 is 16.2. The third-order valence-electron chi connectivity index (χ3n) is 10.9. The minimum atomic E-state index is -0.413. The van der Waals surface area contributed by atoms with Crippen molar-refractivity contribution in [2.45, 2.75) is 65.6 Å².